The van der Waals surface area contributed by atoms with E-state index in [2.05, 4.69) is 20.5 Å². The van der Waals surface area contributed by atoms with Gasteiger partial charge in [-0.2, -0.15) is 23.4 Å². The van der Waals surface area contributed by atoms with E-state index in [4.69, 9.17) is 4.74 Å². The topological polar surface area (TPSA) is 63.2 Å². The maximum Gasteiger partial charge on any atom is 0.416 e. The van der Waals surface area contributed by atoms with Gasteiger partial charge < -0.3 is 15.0 Å². The van der Waals surface area contributed by atoms with Crippen molar-refractivity contribution in [2.45, 2.75) is 18.8 Å². The molecular weight excluding hydrogens is 402 g/mol. The second-order valence-corrected chi connectivity index (χ2v) is 6.77. The number of ether oxygens (including phenoxy) is 1. The summed E-state index contributed by atoms with van der Waals surface area (Å²) in [5.74, 6) is -1.12. The highest BCUT2D eigenvalue weighted by Crippen LogP contribution is 2.33. The molecule has 1 N–H and O–H groups in total. The lowest BCUT2D eigenvalue weighted by Gasteiger charge is -2.41. The van der Waals surface area contributed by atoms with Crippen molar-refractivity contribution in [3.63, 3.8) is 0 Å². The van der Waals surface area contributed by atoms with Crippen LogP contribution in [0.5, 0.6) is 5.75 Å². The van der Waals surface area contributed by atoms with E-state index in [0.29, 0.717) is 25.7 Å². The lowest BCUT2D eigenvalue weighted by atomic mass is 10.1. The van der Waals surface area contributed by atoms with Gasteiger partial charge in [-0.15, -0.1) is 0 Å². The number of hydrogen-bond donors (Lipinski definition) is 1. The number of alkyl halides is 3. The van der Waals surface area contributed by atoms with Crippen LogP contribution in [0.15, 0.2) is 55.0 Å². The Balaban J connectivity index is 1.39. The molecule has 0 spiro atoms. The third-order valence-corrected chi connectivity index (χ3v) is 4.60. The van der Waals surface area contributed by atoms with Gasteiger partial charge >= 0.3 is 6.18 Å². The average Bonchev–Trinajstić information content (AvgIpc) is 2.69. The minimum absolute atomic E-state index is 0.134. The Morgan fingerprint density at radius 3 is 2.67 bits per heavy atom. The predicted octanol–water partition coefficient (Wildman–Crippen LogP) is 3.91. The van der Waals surface area contributed by atoms with Crippen LogP contribution in [0.4, 0.5) is 28.9 Å². The molecule has 156 valence electrons. The Bertz CT molecular complexity index is 1010. The summed E-state index contributed by atoms with van der Waals surface area (Å²) in [6.07, 6.45) is -0.114. The van der Waals surface area contributed by atoms with Gasteiger partial charge in [0.25, 0.3) is 0 Å². The number of halogens is 4. The quantitative estimate of drug-likeness (QED) is 0.612. The van der Waals surface area contributed by atoms with Gasteiger partial charge in [-0.1, -0.05) is 0 Å². The molecule has 6 nitrogen and oxygen atoms in total. The van der Waals surface area contributed by atoms with Crippen LogP contribution in [0.2, 0.25) is 0 Å². The molecule has 0 unspecified atom stereocenters. The first-order valence-corrected chi connectivity index (χ1v) is 9.12. The first kappa shape index (κ1) is 19.9. The molecule has 3 heterocycles. The van der Waals surface area contributed by atoms with Crippen LogP contribution in [0.3, 0.4) is 0 Å². The van der Waals surface area contributed by atoms with E-state index in [0.717, 1.165) is 29.2 Å². The van der Waals surface area contributed by atoms with Crippen LogP contribution in [0.1, 0.15) is 11.3 Å². The van der Waals surface area contributed by atoms with Gasteiger partial charge in [0.1, 0.15) is 17.7 Å². The average molecular weight is 419 g/mol. The molecule has 10 heteroatoms. The summed E-state index contributed by atoms with van der Waals surface area (Å²) in [4.78, 5) is 6.40. The minimum atomic E-state index is -4.63. The number of hydrogen-bond acceptors (Lipinski definition) is 6. The molecule has 0 bridgehead atoms. The van der Waals surface area contributed by atoms with Crippen LogP contribution >= 0.6 is 0 Å². The number of aromatic nitrogens is 3. The summed E-state index contributed by atoms with van der Waals surface area (Å²) < 4.78 is 57.7. The Morgan fingerprint density at radius 1 is 1.10 bits per heavy atom. The SMILES string of the molecule is Fc1cc(OC2CN(c3cccnc3CNc3ccnnc3)C2)cc(C(F)(F)F)c1. The van der Waals surface area contributed by atoms with Crippen LogP contribution in [-0.4, -0.2) is 34.4 Å². The summed E-state index contributed by atoms with van der Waals surface area (Å²) in [5.41, 5.74) is 1.43. The number of pyridine rings is 1. The van der Waals surface area contributed by atoms with Crippen molar-refractivity contribution in [3.8, 4) is 5.75 Å². The third-order valence-electron chi connectivity index (χ3n) is 4.60. The van der Waals surface area contributed by atoms with Gasteiger partial charge in [-0.05, 0) is 30.3 Å². The van der Waals surface area contributed by atoms with Crippen molar-refractivity contribution in [2.24, 2.45) is 0 Å². The molecule has 1 fully saturated rings. The fraction of sp³-hybridized carbons (Fsp3) is 0.250. The van der Waals surface area contributed by atoms with Gasteiger partial charge in [0.2, 0.25) is 0 Å². The molecule has 30 heavy (non-hydrogen) atoms. The Morgan fingerprint density at radius 2 is 1.93 bits per heavy atom. The highest BCUT2D eigenvalue weighted by atomic mass is 19.4. The maximum absolute atomic E-state index is 13.5. The Labute approximate surface area is 169 Å². The molecule has 0 radical (unpaired) electrons. The van der Waals surface area contributed by atoms with Crippen molar-refractivity contribution in [1.82, 2.24) is 15.2 Å². The van der Waals surface area contributed by atoms with Crippen molar-refractivity contribution in [1.29, 1.82) is 0 Å². The van der Waals surface area contributed by atoms with E-state index >= 15 is 0 Å². The second-order valence-electron chi connectivity index (χ2n) is 6.77. The molecular formula is C20H17F4N5O. The monoisotopic (exact) mass is 419 g/mol. The van der Waals surface area contributed by atoms with Gasteiger partial charge in [0.05, 0.1) is 54.7 Å². The number of nitrogens with one attached hydrogen (secondary N) is 1. The van der Waals surface area contributed by atoms with E-state index in [1.54, 1.807) is 24.7 Å². The Hall–Kier alpha value is -3.43. The summed E-state index contributed by atoms with van der Waals surface area (Å²) in [7, 11) is 0. The standard InChI is InChI=1S/C20H17F4N5O/c21-14-6-13(20(22,23)24)7-16(8-14)30-17-11-29(12-17)19-2-1-4-25-18(19)10-26-15-3-5-27-28-9-15/h1-9,17H,10-12H2,(H,26,27). The lowest BCUT2D eigenvalue weighted by molar-refractivity contribution is -0.137. The van der Waals surface area contributed by atoms with E-state index < -0.39 is 17.6 Å². The molecule has 2 aromatic heterocycles. The number of rotatable bonds is 6. The first-order chi connectivity index (χ1) is 14.4. The fourth-order valence-corrected chi connectivity index (χ4v) is 3.13. The normalized spacial score (nSPS) is 14.3. The minimum Gasteiger partial charge on any atom is -0.487 e. The van der Waals surface area contributed by atoms with Crippen molar-refractivity contribution < 1.29 is 22.3 Å². The highest BCUT2D eigenvalue weighted by molar-refractivity contribution is 5.54. The molecule has 0 saturated carbocycles. The van der Waals surface area contributed by atoms with Crippen molar-refractivity contribution in [3.05, 3.63) is 72.1 Å². The van der Waals surface area contributed by atoms with Crippen molar-refractivity contribution in [2.75, 3.05) is 23.3 Å². The van der Waals surface area contributed by atoms with Gasteiger partial charge in [-0.3, -0.25) is 4.98 Å². The second kappa shape index (κ2) is 8.13. The van der Waals surface area contributed by atoms with E-state index in [-0.39, 0.29) is 11.9 Å². The molecule has 3 aromatic rings. The zero-order valence-corrected chi connectivity index (χ0v) is 15.6. The first-order valence-electron chi connectivity index (χ1n) is 9.12. The number of nitrogens with zero attached hydrogens (tertiary/aromatic N) is 4. The molecule has 1 aromatic carbocycles. The summed E-state index contributed by atoms with van der Waals surface area (Å²) in [6.45, 7) is 1.36. The van der Waals surface area contributed by atoms with Crippen molar-refractivity contribution >= 4 is 11.4 Å². The molecule has 0 amide bonds. The molecule has 0 aliphatic carbocycles. The largest absolute Gasteiger partial charge is 0.487 e. The molecule has 1 aliphatic heterocycles. The van der Waals surface area contributed by atoms with Crippen LogP contribution in [0.25, 0.3) is 0 Å². The molecule has 1 aliphatic rings. The highest BCUT2D eigenvalue weighted by Gasteiger charge is 2.33. The number of benzene rings is 1. The fourth-order valence-electron chi connectivity index (χ4n) is 3.13. The van der Waals surface area contributed by atoms with E-state index in [1.165, 1.54) is 0 Å². The van der Waals surface area contributed by atoms with Crippen LogP contribution < -0.4 is 15.0 Å². The van der Waals surface area contributed by atoms with Crippen LogP contribution in [-0.2, 0) is 12.7 Å². The molecule has 0 atom stereocenters. The maximum atomic E-state index is 13.5. The van der Waals surface area contributed by atoms with Gasteiger partial charge in [-0.25, -0.2) is 4.39 Å². The third kappa shape index (κ3) is 4.58. The zero-order valence-electron chi connectivity index (χ0n) is 15.6. The van der Waals surface area contributed by atoms with Crippen LogP contribution in [0, 0.1) is 5.82 Å². The zero-order chi connectivity index (χ0) is 21.1. The summed E-state index contributed by atoms with van der Waals surface area (Å²) >= 11 is 0. The number of anilines is 2. The van der Waals surface area contributed by atoms with Gasteiger partial charge in [0.15, 0.2) is 0 Å². The Kier molecular flexibility index (Phi) is 5.39. The summed E-state index contributed by atoms with van der Waals surface area (Å²) in [5, 5.41) is 10.7. The summed E-state index contributed by atoms with van der Waals surface area (Å²) in [6, 6.07) is 7.73. The van der Waals surface area contributed by atoms with E-state index in [9.17, 15) is 17.6 Å². The van der Waals surface area contributed by atoms with E-state index in [1.807, 2.05) is 17.0 Å². The smallest absolute Gasteiger partial charge is 0.416 e. The lowest BCUT2D eigenvalue weighted by Crippen LogP contribution is -2.54. The van der Waals surface area contributed by atoms with Gasteiger partial charge in [0, 0.05) is 12.3 Å². The predicted molar refractivity (Wildman–Crippen MR) is 102 cm³/mol. The molecule has 1 saturated heterocycles. The molecule has 4 rings (SSSR count).